The highest BCUT2D eigenvalue weighted by molar-refractivity contribution is 6.00. The molecule has 2 heterocycles. The molecule has 5 rings (SSSR count). The van der Waals surface area contributed by atoms with E-state index in [1.165, 1.54) is 12.1 Å². The molecule has 1 aromatic heterocycles. The van der Waals surface area contributed by atoms with Gasteiger partial charge in [0, 0.05) is 38.3 Å². The molecule has 1 fully saturated rings. The van der Waals surface area contributed by atoms with Gasteiger partial charge in [-0.1, -0.05) is 42.5 Å². The van der Waals surface area contributed by atoms with E-state index in [0.717, 1.165) is 29.4 Å². The van der Waals surface area contributed by atoms with Gasteiger partial charge in [-0.2, -0.15) is 0 Å². The Bertz CT molecular complexity index is 1380. The number of ether oxygens (including phenoxy) is 1. The third-order valence-corrected chi connectivity index (χ3v) is 6.97. The number of carbonyl (C=O) groups is 2. The first-order chi connectivity index (χ1) is 19.0. The Balaban J connectivity index is 1.37. The van der Waals surface area contributed by atoms with Crippen molar-refractivity contribution >= 4 is 22.6 Å². The quantitative estimate of drug-likeness (QED) is 0.301. The summed E-state index contributed by atoms with van der Waals surface area (Å²) >= 11 is 0. The minimum Gasteiger partial charge on any atom is -0.467 e. The van der Waals surface area contributed by atoms with Gasteiger partial charge in [-0.05, 0) is 52.7 Å². The highest BCUT2D eigenvalue weighted by Crippen LogP contribution is 2.18. The number of morpholine rings is 1. The molecular weight excluding hydrogens is 497 g/mol. The van der Waals surface area contributed by atoms with Crippen LogP contribution in [0, 0.1) is 5.82 Å². The van der Waals surface area contributed by atoms with Crippen molar-refractivity contribution < 1.29 is 23.1 Å². The van der Waals surface area contributed by atoms with Gasteiger partial charge in [0.2, 0.25) is 5.91 Å². The van der Waals surface area contributed by atoms with E-state index in [1.54, 1.807) is 40.3 Å². The van der Waals surface area contributed by atoms with Crippen LogP contribution in [0.1, 0.15) is 21.7 Å². The number of amides is 2. The molecule has 1 saturated heterocycles. The summed E-state index contributed by atoms with van der Waals surface area (Å²) in [5.41, 5.74) is 1.33. The Kier molecular flexibility index (Phi) is 8.65. The van der Waals surface area contributed by atoms with Crippen molar-refractivity contribution in [3.8, 4) is 0 Å². The molecule has 3 aromatic carbocycles. The van der Waals surface area contributed by atoms with Gasteiger partial charge in [0.15, 0.2) is 0 Å². The Morgan fingerprint density at radius 1 is 0.846 bits per heavy atom. The normalized spacial score (nSPS) is 13.9. The lowest BCUT2D eigenvalue weighted by Gasteiger charge is -2.31. The zero-order valence-corrected chi connectivity index (χ0v) is 21.8. The zero-order valence-electron chi connectivity index (χ0n) is 21.8. The van der Waals surface area contributed by atoms with Crippen molar-refractivity contribution in [2.75, 3.05) is 45.9 Å². The molecule has 0 N–H and O–H groups in total. The fourth-order valence-corrected chi connectivity index (χ4v) is 4.74. The molecular formula is C31H32FN3O4. The molecule has 0 atom stereocenters. The number of carbonyl (C=O) groups excluding carboxylic acids is 2. The van der Waals surface area contributed by atoms with Crippen LogP contribution in [0.15, 0.2) is 89.5 Å². The van der Waals surface area contributed by atoms with Crippen molar-refractivity contribution in [1.82, 2.24) is 14.7 Å². The van der Waals surface area contributed by atoms with Crippen molar-refractivity contribution in [3.63, 3.8) is 0 Å². The van der Waals surface area contributed by atoms with E-state index < -0.39 is 0 Å². The summed E-state index contributed by atoms with van der Waals surface area (Å²) in [5.74, 6) is -0.113. The third kappa shape index (κ3) is 7.10. The SMILES string of the molecule is O=C(CN(CCN1CCOCC1)C(=O)c1ccc2ccccc2c1)N(Cc1ccc(F)cc1)Cc1ccco1. The predicted molar refractivity (Wildman–Crippen MR) is 146 cm³/mol. The lowest BCUT2D eigenvalue weighted by Crippen LogP contribution is -2.47. The molecule has 4 aromatic rings. The standard InChI is InChI=1S/C31H32FN3O4/c32-28-11-7-24(8-12-28)21-35(22-29-6-3-17-39-29)30(36)23-34(14-13-33-15-18-38-19-16-33)31(37)27-10-9-25-4-1-2-5-26(25)20-27/h1-12,17,20H,13-16,18-19,21-23H2. The maximum atomic E-state index is 13.8. The molecule has 8 heteroatoms. The molecule has 0 radical (unpaired) electrons. The second kappa shape index (κ2) is 12.7. The summed E-state index contributed by atoms with van der Waals surface area (Å²) in [6, 6.07) is 23.2. The molecule has 0 bridgehead atoms. The van der Waals surface area contributed by atoms with Crippen molar-refractivity contribution in [3.05, 3.63) is 108 Å². The van der Waals surface area contributed by atoms with Crippen molar-refractivity contribution in [2.45, 2.75) is 13.1 Å². The monoisotopic (exact) mass is 529 g/mol. The van der Waals surface area contributed by atoms with Crippen molar-refractivity contribution in [1.29, 1.82) is 0 Å². The topological polar surface area (TPSA) is 66.2 Å². The summed E-state index contributed by atoms with van der Waals surface area (Å²) < 4.78 is 24.5. The minimum atomic E-state index is -0.335. The van der Waals surface area contributed by atoms with Gasteiger partial charge < -0.3 is 19.0 Å². The number of nitrogens with zero attached hydrogens (tertiary/aromatic N) is 3. The van der Waals surface area contributed by atoms with E-state index in [1.807, 2.05) is 42.5 Å². The molecule has 7 nitrogen and oxygen atoms in total. The highest BCUT2D eigenvalue weighted by Gasteiger charge is 2.24. The van der Waals surface area contributed by atoms with Crippen LogP contribution in [0.2, 0.25) is 0 Å². The third-order valence-electron chi connectivity index (χ3n) is 6.97. The van der Waals surface area contributed by atoms with Crippen LogP contribution in [-0.4, -0.2) is 72.5 Å². The minimum absolute atomic E-state index is 0.0854. The summed E-state index contributed by atoms with van der Waals surface area (Å²) in [4.78, 5) is 33.0. The number of hydrogen-bond acceptors (Lipinski definition) is 5. The largest absolute Gasteiger partial charge is 0.467 e. The molecule has 0 unspecified atom stereocenters. The van der Waals surface area contributed by atoms with E-state index in [9.17, 15) is 14.0 Å². The highest BCUT2D eigenvalue weighted by atomic mass is 19.1. The fourth-order valence-electron chi connectivity index (χ4n) is 4.74. The number of hydrogen-bond donors (Lipinski definition) is 0. The second-order valence-electron chi connectivity index (χ2n) is 9.70. The first kappa shape index (κ1) is 26.6. The molecule has 2 amide bonds. The molecule has 1 aliphatic heterocycles. The average Bonchev–Trinajstić information content (AvgIpc) is 3.49. The molecule has 1 aliphatic rings. The Hall–Kier alpha value is -4.01. The maximum absolute atomic E-state index is 13.8. The van der Waals surface area contributed by atoms with Gasteiger partial charge in [-0.15, -0.1) is 0 Å². The van der Waals surface area contributed by atoms with Gasteiger partial charge in [-0.3, -0.25) is 14.5 Å². The van der Waals surface area contributed by atoms with E-state index in [4.69, 9.17) is 9.15 Å². The van der Waals surface area contributed by atoms with E-state index in [0.29, 0.717) is 37.6 Å². The Morgan fingerprint density at radius 3 is 2.36 bits per heavy atom. The zero-order chi connectivity index (χ0) is 27.0. The van der Waals surface area contributed by atoms with Gasteiger partial charge in [0.1, 0.15) is 18.1 Å². The second-order valence-corrected chi connectivity index (χ2v) is 9.70. The van der Waals surface area contributed by atoms with E-state index >= 15 is 0 Å². The van der Waals surface area contributed by atoms with Crippen LogP contribution < -0.4 is 0 Å². The van der Waals surface area contributed by atoms with Crippen molar-refractivity contribution in [2.24, 2.45) is 0 Å². The lowest BCUT2D eigenvalue weighted by molar-refractivity contribution is -0.133. The molecule has 202 valence electrons. The number of halogens is 1. The van der Waals surface area contributed by atoms with Gasteiger partial charge in [-0.25, -0.2) is 4.39 Å². The van der Waals surface area contributed by atoms with Crippen LogP contribution >= 0.6 is 0 Å². The van der Waals surface area contributed by atoms with Crippen LogP contribution in [0.3, 0.4) is 0 Å². The Labute approximate surface area is 227 Å². The first-order valence-electron chi connectivity index (χ1n) is 13.2. The number of rotatable bonds is 10. The van der Waals surface area contributed by atoms with E-state index in [2.05, 4.69) is 4.90 Å². The Morgan fingerprint density at radius 2 is 1.62 bits per heavy atom. The smallest absolute Gasteiger partial charge is 0.254 e. The fraction of sp³-hybridized carbons (Fsp3) is 0.290. The molecule has 39 heavy (non-hydrogen) atoms. The van der Waals surface area contributed by atoms with Crippen LogP contribution in [0.5, 0.6) is 0 Å². The molecule has 0 saturated carbocycles. The maximum Gasteiger partial charge on any atom is 0.254 e. The van der Waals surface area contributed by atoms with Crippen LogP contribution in [0.25, 0.3) is 10.8 Å². The first-order valence-corrected chi connectivity index (χ1v) is 13.2. The number of fused-ring (bicyclic) bond motifs is 1. The summed E-state index contributed by atoms with van der Waals surface area (Å²) in [7, 11) is 0. The molecule has 0 spiro atoms. The molecule has 0 aliphatic carbocycles. The number of benzene rings is 3. The summed E-state index contributed by atoms with van der Waals surface area (Å²) in [5, 5.41) is 2.02. The number of furan rings is 1. The summed E-state index contributed by atoms with van der Waals surface area (Å²) in [6.07, 6.45) is 1.56. The van der Waals surface area contributed by atoms with Crippen LogP contribution in [0.4, 0.5) is 4.39 Å². The summed E-state index contributed by atoms with van der Waals surface area (Å²) in [6.45, 7) is 4.37. The lowest BCUT2D eigenvalue weighted by atomic mass is 10.1. The van der Waals surface area contributed by atoms with E-state index in [-0.39, 0.29) is 37.3 Å². The average molecular weight is 530 g/mol. The predicted octanol–water partition coefficient (Wildman–Crippen LogP) is 4.58. The van der Waals surface area contributed by atoms with Crippen LogP contribution in [-0.2, 0) is 22.6 Å². The van der Waals surface area contributed by atoms with Gasteiger partial charge in [0.25, 0.3) is 5.91 Å². The van der Waals surface area contributed by atoms with Gasteiger partial charge in [0.05, 0.1) is 26.0 Å². The van der Waals surface area contributed by atoms with Gasteiger partial charge >= 0.3 is 0 Å².